The summed E-state index contributed by atoms with van der Waals surface area (Å²) >= 11 is 1.70. The van der Waals surface area contributed by atoms with E-state index in [-0.39, 0.29) is 4.90 Å². The lowest BCUT2D eigenvalue weighted by Gasteiger charge is -2.04. The summed E-state index contributed by atoms with van der Waals surface area (Å²) < 4.78 is 32.3. The second kappa shape index (κ2) is 7.94. The topological polar surface area (TPSA) is 71.3 Å². The third-order valence-corrected chi connectivity index (χ3v) is 4.84. The Morgan fingerprint density at radius 2 is 2.16 bits per heavy atom. The van der Waals surface area contributed by atoms with Crippen molar-refractivity contribution in [2.75, 3.05) is 25.1 Å². The number of furan rings is 1. The number of thioether (sulfide) groups is 1. The van der Waals surface area contributed by atoms with Crippen molar-refractivity contribution in [2.45, 2.75) is 31.7 Å². The standard InChI is InChI=1S/C12H22N2O3S2/c1-4-13-9-11-8-12(10(2)17-11)19(15,16)14-6-5-7-18-3/h8,13-14H,4-7,9H2,1-3H3. The summed E-state index contributed by atoms with van der Waals surface area (Å²) in [6.45, 7) is 5.47. The van der Waals surface area contributed by atoms with Crippen LogP contribution in [0.1, 0.15) is 24.9 Å². The Balaban J connectivity index is 2.69. The van der Waals surface area contributed by atoms with Crippen molar-refractivity contribution in [3.05, 3.63) is 17.6 Å². The van der Waals surface area contributed by atoms with Gasteiger partial charge in [0.15, 0.2) is 0 Å². The van der Waals surface area contributed by atoms with Crippen molar-refractivity contribution >= 4 is 21.8 Å². The fourth-order valence-electron chi connectivity index (χ4n) is 1.63. The van der Waals surface area contributed by atoms with Gasteiger partial charge in [-0.15, -0.1) is 0 Å². The highest BCUT2D eigenvalue weighted by molar-refractivity contribution is 7.98. The van der Waals surface area contributed by atoms with E-state index in [0.717, 1.165) is 18.7 Å². The summed E-state index contributed by atoms with van der Waals surface area (Å²) in [5, 5.41) is 3.10. The number of nitrogens with one attached hydrogen (secondary N) is 2. The minimum absolute atomic E-state index is 0.240. The number of sulfonamides is 1. The van der Waals surface area contributed by atoms with Gasteiger partial charge in [-0.1, -0.05) is 6.92 Å². The lowest BCUT2D eigenvalue weighted by atomic mass is 10.4. The van der Waals surface area contributed by atoms with Gasteiger partial charge in [-0.05, 0) is 31.9 Å². The van der Waals surface area contributed by atoms with E-state index in [4.69, 9.17) is 4.42 Å². The van der Waals surface area contributed by atoms with Crippen LogP contribution in [0.5, 0.6) is 0 Å². The van der Waals surface area contributed by atoms with Gasteiger partial charge in [-0.2, -0.15) is 11.8 Å². The molecule has 0 saturated heterocycles. The van der Waals surface area contributed by atoms with Gasteiger partial charge in [0.05, 0.1) is 6.54 Å². The first kappa shape index (κ1) is 16.6. The van der Waals surface area contributed by atoms with E-state index >= 15 is 0 Å². The van der Waals surface area contributed by atoms with E-state index in [1.165, 1.54) is 0 Å². The molecule has 0 aromatic carbocycles. The van der Waals surface area contributed by atoms with Gasteiger partial charge in [0.25, 0.3) is 0 Å². The molecule has 0 amide bonds. The van der Waals surface area contributed by atoms with Crippen LogP contribution in [0.4, 0.5) is 0 Å². The maximum Gasteiger partial charge on any atom is 0.244 e. The van der Waals surface area contributed by atoms with Crippen LogP contribution in [0, 0.1) is 6.92 Å². The Morgan fingerprint density at radius 3 is 2.79 bits per heavy atom. The first-order valence-electron chi connectivity index (χ1n) is 6.30. The predicted octanol–water partition coefficient (Wildman–Crippen LogP) is 1.73. The zero-order valence-electron chi connectivity index (χ0n) is 11.7. The summed E-state index contributed by atoms with van der Waals surface area (Å²) in [4.78, 5) is 0.240. The van der Waals surface area contributed by atoms with Crippen LogP contribution in [0.2, 0.25) is 0 Å². The second-order valence-electron chi connectivity index (χ2n) is 4.16. The molecule has 2 N–H and O–H groups in total. The summed E-state index contributed by atoms with van der Waals surface area (Å²) in [5.74, 6) is 2.02. The molecule has 0 bridgehead atoms. The van der Waals surface area contributed by atoms with Crippen molar-refractivity contribution in [1.82, 2.24) is 10.0 Å². The van der Waals surface area contributed by atoms with Gasteiger partial charge in [0.2, 0.25) is 10.0 Å². The maximum absolute atomic E-state index is 12.1. The summed E-state index contributed by atoms with van der Waals surface area (Å²) in [6.07, 6.45) is 2.82. The highest BCUT2D eigenvalue weighted by atomic mass is 32.2. The fraction of sp³-hybridized carbons (Fsp3) is 0.667. The molecule has 0 aliphatic rings. The Labute approximate surface area is 119 Å². The second-order valence-corrected chi connectivity index (χ2v) is 6.88. The molecule has 1 heterocycles. The Hall–Kier alpha value is -0.500. The van der Waals surface area contributed by atoms with Crippen LogP contribution in [0.15, 0.2) is 15.4 Å². The van der Waals surface area contributed by atoms with Crippen molar-refractivity contribution < 1.29 is 12.8 Å². The van der Waals surface area contributed by atoms with Crippen LogP contribution in [-0.4, -0.2) is 33.5 Å². The molecule has 1 aromatic rings. The number of hydrogen-bond acceptors (Lipinski definition) is 5. The molecule has 0 atom stereocenters. The van der Waals surface area contributed by atoms with Gasteiger partial charge in [0.1, 0.15) is 16.4 Å². The fourth-order valence-corrected chi connectivity index (χ4v) is 3.34. The molecule has 19 heavy (non-hydrogen) atoms. The first-order valence-corrected chi connectivity index (χ1v) is 9.17. The molecule has 0 aliphatic carbocycles. The van der Waals surface area contributed by atoms with E-state index < -0.39 is 10.0 Å². The average Bonchev–Trinajstić information content (AvgIpc) is 2.74. The van der Waals surface area contributed by atoms with Crippen molar-refractivity contribution in [3.63, 3.8) is 0 Å². The lowest BCUT2D eigenvalue weighted by Crippen LogP contribution is -2.25. The van der Waals surface area contributed by atoms with E-state index in [1.54, 1.807) is 24.8 Å². The first-order chi connectivity index (χ1) is 9.01. The Morgan fingerprint density at radius 1 is 1.42 bits per heavy atom. The quantitative estimate of drug-likeness (QED) is 0.680. The van der Waals surface area contributed by atoms with Gasteiger partial charge >= 0.3 is 0 Å². The van der Waals surface area contributed by atoms with Gasteiger partial charge < -0.3 is 9.73 Å². The lowest BCUT2D eigenvalue weighted by molar-refractivity contribution is 0.460. The molecular formula is C12H22N2O3S2. The summed E-state index contributed by atoms with van der Waals surface area (Å²) in [6, 6.07) is 1.59. The highest BCUT2D eigenvalue weighted by Crippen LogP contribution is 2.19. The molecule has 0 aliphatic heterocycles. The molecule has 1 aromatic heterocycles. The number of hydrogen-bond donors (Lipinski definition) is 2. The van der Waals surface area contributed by atoms with Gasteiger partial charge in [0, 0.05) is 12.6 Å². The van der Waals surface area contributed by atoms with E-state index in [1.807, 2.05) is 13.2 Å². The van der Waals surface area contributed by atoms with Crippen LogP contribution in [-0.2, 0) is 16.6 Å². The highest BCUT2D eigenvalue weighted by Gasteiger charge is 2.20. The van der Waals surface area contributed by atoms with Gasteiger partial charge in [-0.25, -0.2) is 13.1 Å². The van der Waals surface area contributed by atoms with Crippen LogP contribution in [0.25, 0.3) is 0 Å². The van der Waals surface area contributed by atoms with E-state index in [0.29, 0.717) is 24.6 Å². The van der Waals surface area contributed by atoms with Crippen LogP contribution >= 0.6 is 11.8 Å². The zero-order chi connectivity index (χ0) is 14.3. The molecule has 0 saturated carbocycles. The number of aryl methyl sites for hydroxylation is 1. The molecule has 0 unspecified atom stereocenters. The maximum atomic E-state index is 12.1. The number of rotatable bonds is 9. The van der Waals surface area contributed by atoms with Crippen LogP contribution in [0.3, 0.4) is 0 Å². The third-order valence-electron chi connectivity index (χ3n) is 2.58. The van der Waals surface area contributed by atoms with Crippen molar-refractivity contribution in [3.8, 4) is 0 Å². The molecular weight excluding hydrogens is 284 g/mol. The van der Waals surface area contributed by atoms with Gasteiger partial charge in [-0.3, -0.25) is 0 Å². The van der Waals surface area contributed by atoms with E-state index in [9.17, 15) is 8.42 Å². The summed E-state index contributed by atoms with van der Waals surface area (Å²) in [7, 11) is -3.46. The average molecular weight is 306 g/mol. The largest absolute Gasteiger partial charge is 0.464 e. The molecule has 0 spiro atoms. The predicted molar refractivity (Wildman–Crippen MR) is 79.0 cm³/mol. The molecule has 5 nitrogen and oxygen atoms in total. The zero-order valence-corrected chi connectivity index (χ0v) is 13.3. The monoisotopic (exact) mass is 306 g/mol. The van der Waals surface area contributed by atoms with Crippen molar-refractivity contribution in [2.24, 2.45) is 0 Å². The van der Waals surface area contributed by atoms with Crippen molar-refractivity contribution in [1.29, 1.82) is 0 Å². The minimum atomic E-state index is -3.46. The third kappa shape index (κ3) is 5.18. The Bertz CT molecular complexity index is 483. The normalized spacial score (nSPS) is 11.9. The minimum Gasteiger partial charge on any atom is -0.464 e. The SMILES string of the molecule is CCNCc1cc(S(=O)(=O)NCCCSC)c(C)o1. The van der Waals surface area contributed by atoms with Crippen LogP contribution < -0.4 is 10.0 Å². The molecule has 1 rings (SSSR count). The molecule has 0 radical (unpaired) electrons. The smallest absolute Gasteiger partial charge is 0.244 e. The van der Waals surface area contributed by atoms with E-state index in [2.05, 4.69) is 10.0 Å². The molecule has 7 heteroatoms. The molecule has 110 valence electrons. The molecule has 0 fully saturated rings. The Kier molecular flexibility index (Phi) is 6.92. The summed E-state index contributed by atoms with van der Waals surface area (Å²) in [5.41, 5.74) is 0.